The fraction of sp³-hybridized carbons (Fsp3) is 0.429. The zero-order valence-electron chi connectivity index (χ0n) is 10.7. The first kappa shape index (κ1) is 13.9. The van der Waals surface area contributed by atoms with Gasteiger partial charge in [-0.2, -0.15) is 5.10 Å². The first-order chi connectivity index (χ1) is 9.24. The van der Waals surface area contributed by atoms with Crippen LogP contribution in [-0.4, -0.2) is 17.4 Å². The smallest absolute Gasteiger partial charge is 0.187 e. The topological polar surface area (TPSA) is 36.4 Å². The van der Waals surface area contributed by atoms with Crippen LogP contribution in [0, 0.1) is 5.82 Å². The van der Waals surface area contributed by atoms with Crippen molar-refractivity contribution in [1.82, 2.24) is 10.7 Å². The molecule has 0 amide bonds. The van der Waals surface area contributed by atoms with E-state index in [2.05, 4.69) is 15.8 Å². The van der Waals surface area contributed by atoms with Crippen molar-refractivity contribution >= 4 is 23.5 Å². The van der Waals surface area contributed by atoms with Gasteiger partial charge in [0.1, 0.15) is 5.82 Å². The number of halogens is 1. The van der Waals surface area contributed by atoms with Gasteiger partial charge in [0.2, 0.25) is 0 Å². The molecule has 3 nitrogen and oxygen atoms in total. The largest absolute Gasteiger partial charge is 0.359 e. The van der Waals surface area contributed by atoms with Gasteiger partial charge in [-0.15, -0.1) is 0 Å². The lowest BCUT2D eigenvalue weighted by molar-refractivity contribution is 0.412. The SMILES string of the molecule is Fc1ccc(/C=N/NC(=S)NC2CCCCC2)cc1. The molecule has 0 bridgehead atoms. The summed E-state index contributed by atoms with van der Waals surface area (Å²) in [4.78, 5) is 0. The molecule has 1 aliphatic rings. The molecule has 1 aliphatic carbocycles. The molecule has 0 aliphatic heterocycles. The van der Waals surface area contributed by atoms with E-state index in [1.807, 2.05) is 0 Å². The van der Waals surface area contributed by atoms with Crippen molar-refractivity contribution in [1.29, 1.82) is 0 Å². The van der Waals surface area contributed by atoms with Gasteiger partial charge >= 0.3 is 0 Å². The first-order valence-corrected chi connectivity index (χ1v) is 7.00. The summed E-state index contributed by atoms with van der Waals surface area (Å²) in [6, 6.07) is 6.60. The van der Waals surface area contributed by atoms with E-state index in [0.29, 0.717) is 11.2 Å². The molecule has 102 valence electrons. The Morgan fingerprint density at radius 1 is 1.21 bits per heavy atom. The zero-order chi connectivity index (χ0) is 13.5. The van der Waals surface area contributed by atoms with E-state index in [9.17, 15) is 4.39 Å². The van der Waals surface area contributed by atoms with Gasteiger partial charge in [-0.25, -0.2) is 4.39 Å². The summed E-state index contributed by atoms with van der Waals surface area (Å²) in [7, 11) is 0. The van der Waals surface area contributed by atoms with E-state index < -0.39 is 0 Å². The van der Waals surface area contributed by atoms with Crippen LogP contribution < -0.4 is 10.7 Å². The second-order valence-electron chi connectivity index (χ2n) is 4.73. The van der Waals surface area contributed by atoms with Crippen molar-refractivity contribution in [2.45, 2.75) is 38.1 Å². The van der Waals surface area contributed by atoms with Gasteiger partial charge in [0.25, 0.3) is 0 Å². The van der Waals surface area contributed by atoms with Crippen LogP contribution in [0.4, 0.5) is 4.39 Å². The van der Waals surface area contributed by atoms with E-state index >= 15 is 0 Å². The van der Waals surface area contributed by atoms with Gasteiger partial charge in [0.05, 0.1) is 6.21 Å². The fourth-order valence-corrected chi connectivity index (χ4v) is 2.40. The molecule has 0 radical (unpaired) electrons. The van der Waals surface area contributed by atoms with Crippen molar-refractivity contribution in [3.8, 4) is 0 Å². The van der Waals surface area contributed by atoms with E-state index in [1.165, 1.54) is 44.2 Å². The highest BCUT2D eigenvalue weighted by Gasteiger charge is 2.13. The molecular weight excluding hydrogens is 261 g/mol. The molecule has 0 unspecified atom stereocenters. The zero-order valence-corrected chi connectivity index (χ0v) is 11.5. The molecule has 1 saturated carbocycles. The highest BCUT2D eigenvalue weighted by Crippen LogP contribution is 2.17. The van der Waals surface area contributed by atoms with Crippen LogP contribution >= 0.6 is 12.2 Å². The molecule has 0 aromatic heterocycles. The molecule has 0 heterocycles. The van der Waals surface area contributed by atoms with Crippen molar-refractivity contribution in [3.63, 3.8) is 0 Å². The third-order valence-electron chi connectivity index (χ3n) is 3.19. The van der Waals surface area contributed by atoms with Crippen molar-refractivity contribution in [2.75, 3.05) is 0 Å². The van der Waals surface area contributed by atoms with Crippen LogP contribution in [0.1, 0.15) is 37.7 Å². The number of benzene rings is 1. The Balaban J connectivity index is 1.74. The van der Waals surface area contributed by atoms with Crippen molar-refractivity contribution in [3.05, 3.63) is 35.6 Å². The number of hydrazone groups is 1. The summed E-state index contributed by atoms with van der Waals surface area (Å²) in [5.41, 5.74) is 3.62. The summed E-state index contributed by atoms with van der Waals surface area (Å²) in [6.07, 6.45) is 7.81. The molecule has 2 rings (SSSR count). The van der Waals surface area contributed by atoms with Gasteiger partial charge in [-0.3, -0.25) is 5.43 Å². The minimum Gasteiger partial charge on any atom is -0.359 e. The van der Waals surface area contributed by atoms with E-state index in [4.69, 9.17) is 12.2 Å². The molecule has 0 atom stereocenters. The molecule has 2 N–H and O–H groups in total. The molecule has 0 spiro atoms. The molecule has 19 heavy (non-hydrogen) atoms. The normalized spacial score (nSPS) is 16.5. The lowest BCUT2D eigenvalue weighted by Crippen LogP contribution is -2.40. The third-order valence-corrected chi connectivity index (χ3v) is 3.40. The Kier molecular flexibility index (Phi) is 5.27. The number of nitrogens with one attached hydrogen (secondary N) is 2. The van der Waals surface area contributed by atoms with Crippen molar-refractivity contribution < 1.29 is 4.39 Å². The monoisotopic (exact) mass is 279 g/mol. The standard InChI is InChI=1S/C14H18FN3S/c15-12-8-6-11(7-9-12)10-16-18-14(19)17-13-4-2-1-3-5-13/h6-10,13H,1-5H2,(H2,17,18,19)/b16-10+. The average Bonchev–Trinajstić information content (AvgIpc) is 2.42. The summed E-state index contributed by atoms with van der Waals surface area (Å²) < 4.78 is 12.7. The number of thiocarbonyl (C=S) groups is 1. The third kappa shape index (κ3) is 4.95. The molecule has 1 aromatic rings. The molecular formula is C14H18FN3S. The Hall–Kier alpha value is -1.49. The maximum absolute atomic E-state index is 12.7. The summed E-state index contributed by atoms with van der Waals surface area (Å²) in [5, 5.41) is 7.84. The van der Waals surface area contributed by atoms with Crippen LogP contribution in [0.2, 0.25) is 0 Å². The minimum atomic E-state index is -0.250. The fourth-order valence-electron chi connectivity index (χ4n) is 2.18. The molecule has 5 heteroatoms. The Morgan fingerprint density at radius 3 is 2.58 bits per heavy atom. The maximum atomic E-state index is 12.7. The quantitative estimate of drug-likeness (QED) is 0.507. The van der Waals surface area contributed by atoms with Crippen LogP contribution in [0.3, 0.4) is 0 Å². The highest BCUT2D eigenvalue weighted by atomic mass is 32.1. The number of rotatable bonds is 3. The Labute approximate surface area is 118 Å². The summed E-state index contributed by atoms with van der Waals surface area (Å²) in [5.74, 6) is -0.250. The van der Waals surface area contributed by atoms with Crippen LogP contribution in [0.15, 0.2) is 29.4 Å². The predicted octanol–water partition coefficient (Wildman–Crippen LogP) is 2.96. The minimum absolute atomic E-state index is 0.250. The first-order valence-electron chi connectivity index (χ1n) is 6.59. The lowest BCUT2D eigenvalue weighted by atomic mass is 9.96. The second-order valence-corrected chi connectivity index (χ2v) is 5.14. The Bertz CT molecular complexity index is 439. The van der Waals surface area contributed by atoms with Gasteiger partial charge in [-0.05, 0) is 42.8 Å². The molecule has 1 fully saturated rings. The Morgan fingerprint density at radius 2 is 1.89 bits per heavy atom. The van der Waals surface area contributed by atoms with E-state index in [-0.39, 0.29) is 5.82 Å². The van der Waals surface area contributed by atoms with E-state index in [1.54, 1.807) is 18.3 Å². The second kappa shape index (κ2) is 7.19. The number of hydrogen-bond donors (Lipinski definition) is 2. The van der Waals surface area contributed by atoms with Crippen LogP contribution in [0.25, 0.3) is 0 Å². The molecule has 1 aromatic carbocycles. The van der Waals surface area contributed by atoms with E-state index in [0.717, 1.165) is 5.56 Å². The lowest BCUT2D eigenvalue weighted by Gasteiger charge is -2.23. The number of nitrogens with zero attached hydrogens (tertiary/aromatic N) is 1. The number of hydrogen-bond acceptors (Lipinski definition) is 2. The van der Waals surface area contributed by atoms with Gasteiger partial charge < -0.3 is 5.32 Å². The van der Waals surface area contributed by atoms with Crippen LogP contribution in [0.5, 0.6) is 0 Å². The van der Waals surface area contributed by atoms with Gasteiger partial charge in [0.15, 0.2) is 5.11 Å². The summed E-state index contributed by atoms with van der Waals surface area (Å²) in [6.45, 7) is 0. The van der Waals surface area contributed by atoms with Gasteiger partial charge in [-0.1, -0.05) is 31.4 Å². The average molecular weight is 279 g/mol. The summed E-state index contributed by atoms with van der Waals surface area (Å²) >= 11 is 5.18. The van der Waals surface area contributed by atoms with Crippen LogP contribution in [-0.2, 0) is 0 Å². The molecule has 0 saturated heterocycles. The predicted molar refractivity (Wildman–Crippen MR) is 79.7 cm³/mol. The highest BCUT2D eigenvalue weighted by molar-refractivity contribution is 7.80. The maximum Gasteiger partial charge on any atom is 0.187 e. The van der Waals surface area contributed by atoms with Crippen molar-refractivity contribution in [2.24, 2.45) is 5.10 Å². The van der Waals surface area contributed by atoms with Gasteiger partial charge in [0, 0.05) is 6.04 Å².